The maximum atomic E-state index is 12.0. The lowest BCUT2D eigenvalue weighted by molar-refractivity contribution is 0.0276. The SMILES string of the molecule is CNCc1csc(S(=O)(=O)NCC(C)(C)OC)c1. The highest BCUT2D eigenvalue weighted by atomic mass is 32.2. The molecule has 104 valence electrons. The fourth-order valence-electron chi connectivity index (χ4n) is 1.20. The molecule has 0 atom stereocenters. The Morgan fingerprint density at radius 3 is 2.67 bits per heavy atom. The van der Waals surface area contributed by atoms with Crippen molar-refractivity contribution < 1.29 is 13.2 Å². The van der Waals surface area contributed by atoms with Crippen molar-refractivity contribution in [2.45, 2.75) is 30.2 Å². The molecule has 1 rings (SSSR count). The number of rotatable bonds is 7. The Morgan fingerprint density at radius 2 is 2.11 bits per heavy atom. The van der Waals surface area contributed by atoms with Gasteiger partial charge in [-0.25, -0.2) is 13.1 Å². The molecule has 0 unspecified atom stereocenters. The van der Waals surface area contributed by atoms with Crippen molar-refractivity contribution in [1.29, 1.82) is 0 Å². The predicted molar refractivity (Wildman–Crippen MR) is 73.4 cm³/mol. The van der Waals surface area contributed by atoms with Gasteiger partial charge in [0.05, 0.1) is 5.60 Å². The Kier molecular flexibility index (Phi) is 5.30. The van der Waals surface area contributed by atoms with Gasteiger partial charge in [-0.2, -0.15) is 0 Å². The molecule has 1 aromatic heterocycles. The third-order valence-corrected chi connectivity index (χ3v) is 5.41. The lowest BCUT2D eigenvalue weighted by Crippen LogP contribution is -2.39. The third kappa shape index (κ3) is 4.33. The molecule has 0 bridgehead atoms. The standard InChI is InChI=1S/C11H20N2O3S2/c1-11(2,16-4)8-13-18(14,15)10-5-9(6-12-3)7-17-10/h5,7,12-13H,6,8H2,1-4H3. The van der Waals surface area contributed by atoms with Gasteiger partial charge >= 0.3 is 0 Å². The van der Waals surface area contributed by atoms with Gasteiger partial charge in [-0.15, -0.1) is 11.3 Å². The van der Waals surface area contributed by atoms with E-state index in [-0.39, 0.29) is 6.54 Å². The van der Waals surface area contributed by atoms with Crippen LogP contribution in [0, 0.1) is 0 Å². The first-order chi connectivity index (χ1) is 8.30. The normalized spacial score (nSPS) is 12.9. The predicted octanol–water partition coefficient (Wildman–Crippen LogP) is 1.17. The summed E-state index contributed by atoms with van der Waals surface area (Å²) in [6.45, 7) is 4.56. The summed E-state index contributed by atoms with van der Waals surface area (Å²) in [5.74, 6) is 0. The van der Waals surface area contributed by atoms with Gasteiger partial charge in [-0.1, -0.05) is 0 Å². The van der Waals surface area contributed by atoms with Crippen LogP contribution < -0.4 is 10.0 Å². The molecule has 1 heterocycles. The molecule has 0 aliphatic carbocycles. The van der Waals surface area contributed by atoms with Gasteiger partial charge in [0.15, 0.2) is 0 Å². The molecule has 1 aromatic rings. The molecule has 0 fully saturated rings. The Balaban J connectivity index is 2.74. The molecule has 0 saturated heterocycles. The van der Waals surface area contributed by atoms with Crippen LogP contribution in [0.3, 0.4) is 0 Å². The first-order valence-corrected chi connectivity index (χ1v) is 7.94. The molecule has 7 heteroatoms. The minimum atomic E-state index is -3.44. The Hall–Kier alpha value is -0.470. The van der Waals surface area contributed by atoms with Crippen LogP contribution in [-0.2, 0) is 21.3 Å². The van der Waals surface area contributed by atoms with Crippen LogP contribution in [0.2, 0.25) is 0 Å². The zero-order valence-corrected chi connectivity index (χ0v) is 12.7. The second-order valence-corrected chi connectivity index (χ2v) is 7.50. The van der Waals surface area contributed by atoms with E-state index in [2.05, 4.69) is 10.0 Å². The van der Waals surface area contributed by atoms with Crippen LogP contribution in [0.25, 0.3) is 0 Å². The summed E-state index contributed by atoms with van der Waals surface area (Å²) in [5.41, 5.74) is 0.451. The van der Waals surface area contributed by atoms with Gasteiger partial charge < -0.3 is 10.1 Å². The van der Waals surface area contributed by atoms with Crippen molar-refractivity contribution in [3.05, 3.63) is 17.0 Å². The van der Waals surface area contributed by atoms with Crippen LogP contribution in [0.1, 0.15) is 19.4 Å². The summed E-state index contributed by atoms with van der Waals surface area (Å²) < 4.78 is 32.1. The number of hydrogen-bond acceptors (Lipinski definition) is 5. The zero-order valence-electron chi connectivity index (χ0n) is 11.1. The van der Waals surface area contributed by atoms with Crippen molar-refractivity contribution >= 4 is 21.4 Å². The fraction of sp³-hybridized carbons (Fsp3) is 0.636. The minimum Gasteiger partial charge on any atom is -0.377 e. The van der Waals surface area contributed by atoms with Crippen LogP contribution in [0.5, 0.6) is 0 Å². The van der Waals surface area contributed by atoms with Gasteiger partial charge in [-0.05, 0) is 37.9 Å². The summed E-state index contributed by atoms with van der Waals surface area (Å²) in [4.78, 5) is 0. The lowest BCUT2D eigenvalue weighted by Gasteiger charge is -2.22. The number of sulfonamides is 1. The van der Waals surface area contributed by atoms with Crippen LogP contribution >= 0.6 is 11.3 Å². The van der Waals surface area contributed by atoms with E-state index in [0.717, 1.165) is 5.56 Å². The molecule has 0 radical (unpaired) electrons. The van der Waals surface area contributed by atoms with Crippen molar-refractivity contribution in [2.24, 2.45) is 0 Å². The van der Waals surface area contributed by atoms with Gasteiger partial charge in [0, 0.05) is 20.2 Å². The van der Waals surface area contributed by atoms with Gasteiger partial charge in [0.2, 0.25) is 10.0 Å². The molecule has 0 aromatic carbocycles. The smallest absolute Gasteiger partial charge is 0.250 e. The highest BCUT2D eigenvalue weighted by molar-refractivity contribution is 7.91. The van der Waals surface area contributed by atoms with E-state index in [9.17, 15) is 8.42 Å². The van der Waals surface area contributed by atoms with Crippen LogP contribution in [-0.4, -0.2) is 34.7 Å². The topological polar surface area (TPSA) is 67.4 Å². The molecule has 18 heavy (non-hydrogen) atoms. The van der Waals surface area contributed by atoms with E-state index in [4.69, 9.17) is 4.74 Å². The van der Waals surface area contributed by atoms with E-state index in [0.29, 0.717) is 10.8 Å². The van der Waals surface area contributed by atoms with Crippen molar-refractivity contribution in [2.75, 3.05) is 20.7 Å². The van der Waals surface area contributed by atoms with Crippen molar-refractivity contribution in [3.8, 4) is 0 Å². The minimum absolute atomic E-state index is 0.241. The molecule has 0 aliphatic rings. The Labute approximate surface area is 113 Å². The molecule has 0 spiro atoms. The van der Waals surface area contributed by atoms with E-state index in [1.54, 1.807) is 13.2 Å². The van der Waals surface area contributed by atoms with Crippen molar-refractivity contribution in [3.63, 3.8) is 0 Å². The molecular weight excluding hydrogens is 272 g/mol. The largest absolute Gasteiger partial charge is 0.377 e. The average molecular weight is 292 g/mol. The lowest BCUT2D eigenvalue weighted by atomic mass is 10.1. The number of methoxy groups -OCH3 is 1. The van der Waals surface area contributed by atoms with Gasteiger partial charge in [0.1, 0.15) is 4.21 Å². The molecular formula is C11H20N2O3S2. The second-order valence-electron chi connectivity index (χ2n) is 4.59. The fourth-order valence-corrected chi connectivity index (χ4v) is 3.66. The maximum Gasteiger partial charge on any atom is 0.250 e. The molecule has 0 amide bonds. The number of hydrogen-bond donors (Lipinski definition) is 2. The summed E-state index contributed by atoms with van der Waals surface area (Å²) in [6.07, 6.45) is 0. The van der Waals surface area contributed by atoms with E-state index < -0.39 is 15.6 Å². The molecule has 0 saturated carbocycles. The van der Waals surface area contributed by atoms with Crippen LogP contribution in [0.4, 0.5) is 0 Å². The quantitative estimate of drug-likeness (QED) is 0.791. The Morgan fingerprint density at radius 1 is 1.44 bits per heavy atom. The maximum absolute atomic E-state index is 12.0. The first kappa shape index (κ1) is 15.6. The average Bonchev–Trinajstić information content (AvgIpc) is 2.77. The highest BCUT2D eigenvalue weighted by Gasteiger charge is 2.22. The van der Waals surface area contributed by atoms with Crippen molar-refractivity contribution in [1.82, 2.24) is 10.0 Å². The third-order valence-electron chi connectivity index (χ3n) is 2.52. The molecule has 0 aliphatic heterocycles. The number of ether oxygens (including phenoxy) is 1. The summed E-state index contributed by atoms with van der Waals surface area (Å²) in [6, 6.07) is 1.68. The van der Waals surface area contributed by atoms with Crippen LogP contribution in [0.15, 0.2) is 15.7 Å². The second kappa shape index (κ2) is 6.12. The molecule has 2 N–H and O–H groups in total. The zero-order chi connectivity index (χ0) is 13.8. The highest BCUT2D eigenvalue weighted by Crippen LogP contribution is 2.20. The van der Waals surface area contributed by atoms with Gasteiger partial charge in [-0.3, -0.25) is 0 Å². The van der Waals surface area contributed by atoms with E-state index >= 15 is 0 Å². The summed E-state index contributed by atoms with van der Waals surface area (Å²) >= 11 is 1.22. The molecule has 5 nitrogen and oxygen atoms in total. The number of nitrogens with one attached hydrogen (secondary N) is 2. The Bertz CT molecular complexity index is 480. The summed E-state index contributed by atoms with van der Waals surface area (Å²) in [5, 5.41) is 4.83. The summed E-state index contributed by atoms with van der Waals surface area (Å²) in [7, 11) is -0.0557. The van der Waals surface area contributed by atoms with Gasteiger partial charge in [0.25, 0.3) is 0 Å². The van der Waals surface area contributed by atoms with E-state index in [1.165, 1.54) is 11.3 Å². The number of thiophene rings is 1. The monoisotopic (exact) mass is 292 g/mol. The first-order valence-electron chi connectivity index (χ1n) is 5.57. The van der Waals surface area contributed by atoms with E-state index in [1.807, 2.05) is 26.3 Å².